The summed E-state index contributed by atoms with van der Waals surface area (Å²) in [4.78, 5) is 5.71. The van der Waals surface area contributed by atoms with E-state index < -0.39 is 0 Å². The summed E-state index contributed by atoms with van der Waals surface area (Å²) in [5.41, 5.74) is 1.06. The molecule has 3 heteroatoms. The fourth-order valence-electron chi connectivity index (χ4n) is 1.98. The van der Waals surface area contributed by atoms with Crippen LogP contribution in [0.4, 0.5) is 0 Å². The topological polar surface area (TPSA) is 36.7 Å². The van der Waals surface area contributed by atoms with Crippen molar-refractivity contribution in [3.63, 3.8) is 0 Å². The molecule has 0 atom stereocenters. The summed E-state index contributed by atoms with van der Waals surface area (Å²) in [5, 5.41) is 9.65. The van der Waals surface area contributed by atoms with E-state index in [1.54, 1.807) is 0 Å². The molecule has 0 amide bonds. The van der Waals surface area contributed by atoms with Gasteiger partial charge in [-0.15, -0.1) is 11.8 Å². The van der Waals surface area contributed by atoms with Crippen molar-refractivity contribution in [2.45, 2.75) is 37.0 Å². The van der Waals surface area contributed by atoms with E-state index in [9.17, 15) is 0 Å². The van der Waals surface area contributed by atoms with Gasteiger partial charge in [-0.3, -0.25) is 4.98 Å². The Bertz CT molecular complexity index is 560. The maximum absolute atomic E-state index is 8.44. The molecule has 0 unspecified atom stereocenters. The minimum absolute atomic E-state index is 0.696. The molecule has 0 radical (unpaired) electrons. The second kappa shape index (κ2) is 7.81. The van der Waals surface area contributed by atoms with Crippen LogP contribution in [0.3, 0.4) is 0 Å². The monoisotopic (exact) mass is 270 g/mol. The van der Waals surface area contributed by atoms with Crippen molar-refractivity contribution < 1.29 is 0 Å². The van der Waals surface area contributed by atoms with Crippen LogP contribution in [-0.2, 0) is 0 Å². The highest BCUT2D eigenvalue weighted by Gasteiger charge is 1.98. The van der Waals surface area contributed by atoms with Crippen LogP contribution in [0.15, 0.2) is 41.4 Å². The van der Waals surface area contributed by atoms with E-state index in [1.807, 2.05) is 36.2 Å². The maximum Gasteiger partial charge on any atom is 0.0702 e. The molecular formula is C16H18N2S. The number of hydrogen-bond donors (Lipinski definition) is 0. The first kappa shape index (κ1) is 13.9. The van der Waals surface area contributed by atoms with Gasteiger partial charge in [0.1, 0.15) is 0 Å². The molecular weight excluding hydrogens is 252 g/mol. The first-order chi connectivity index (χ1) is 9.40. The molecule has 0 N–H and O–H groups in total. The Hall–Kier alpha value is -1.53. The largest absolute Gasteiger partial charge is 0.255 e. The number of hydrogen-bond acceptors (Lipinski definition) is 3. The summed E-state index contributed by atoms with van der Waals surface area (Å²) in [5.74, 6) is 1.13. The molecule has 0 spiro atoms. The van der Waals surface area contributed by atoms with Gasteiger partial charge in [-0.2, -0.15) is 5.26 Å². The first-order valence-electron chi connectivity index (χ1n) is 6.75. The Balaban J connectivity index is 1.74. The van der Waals surface area contributed by atoms with Crippen LogP contribution < -0.4 is 0 Å². The number of fused-ring (bicyclic) bond motifs is 1. The van der Waals surface area contributed by atoms with Crippen molar-refractivity contribution in [1.82, 2.24) is 4.98 Å². The van der Waals surface area contributed by atoms with Gasteiger partial charge in [-0.1, -0.05) is 31.0 Å². The van der Waals surface area contributed by atoms with Crippen molar-refractivity contribution in [2.24, 2.45) is 0 Å². The predicted octanol–water partition coefficient (Wildman–Crippen LogP) is 4.80. The van der Waals surface area contributed by atoms with Crippen LogP contribution in [0.5, 0.6) is 0 Å². The number of pyridine rings is 1. The highest BCUT2D eigenvalue weighted by Crippen LogP contribution is 2.22. The zero-order chi connectivity index (χ0) is 13.3. The van der Waals surface area contributed by atoms with Gasteiger partial charge in [0.15, 0.2) is 0 Å². The lowest BCUT2D eigenvalue weighted by Crippen LogP contribution is -1.84. The first-order valence-corrected chi connectivity index (χ1v) is 7.73. The van der Waals surface area contributed by atoms with Crippen molar-refractivity contribution in [1.29, 1.82) is 5.26 Å². The molecule has 2 aromatic rings. The molecule has 2 nitrogen and oxygen atoms in total. The number of nitriles is 1. The molecule has 0 aliphatic carbocycles. The van der Waals surface area contributed by atoms with E-state index in [2.05, 4.69) is 23.2 Å². The Morgan fingerprint density at radius 3 is 2.84 bits per heavy atom. The van der Waals surface area contributed by atoms with Crippen LogP contribution in [0.2, 0.25) is 0 Å². The van der Waals surface area contributed by atoms with Crippen molar-refractivity contribution in [2.75, 3.05) is 5.75 Å². The second-order valence-electron chi connectivity index (χ2n) is 4.53. The lowest BCUT2D eigenvalue weighted by molar-refractivity contribution is 0.681. The van der Waals surface area contributed by atoms with Gasteiger partial charge in [0.2, 0.25) is 0 Å². The number of benzene rings is 1. The van der Waals surface area contributed by atoms with Crippen molar-refractivity contribution >= 4 is 22.7 Å². The number of rotatable bonds is 7. The van der Waals surface area contributed by atoms with Gasteiger partial charge in [0, 0.05) is 22.9 Å². The van der Waals surface area contributed by atoms with Crippen LogP contribution in [0.1, 0.15) is 32.1 Å². The molecule has 0 bridgehead atoms. The van der Waals surface area contributed by atoms with Crippen LogP contribution in [-0.4, -0.2) is 10.7 Å². The van der Waals surface area contributed by atoms with E-state index in [0.717, 1.165) is 17.7 Å². The molecule has 1 aromatic carbocycles. The highest BCUT2D eigenvalue weighted by atomic mass is 32.2. The van der Waals surface area contributed by atoms with Crippen LogP contribution in [0, 0.1) is 11.3 Å². The maximum atomic E-state index is 8.44. The Kier molecular flexibility index (Phi) is 5.71. The minimum atomic E-state index is 0.696. The van der Waals surface area contributed by atoms with E-state index in [0.29, 0.717) is 6.42 Å². The summed E-state index contributed by atoms with van der Waals surface area (Å²) >= 11 is 1.87. The Morgan fingerprint density at radius 1 is 1.11 bits per heavy atom. The molecule has 0 saturated heterocycles. The van der Waals surface area contributed by atoms with Crippen molar-refractivity contribution in [3.8, 4) is 6.07 Å². The third kappa shape index (κ3) is 4.57. The summed E-state index contributed by atoms with van der Waals surface area (Å²) in [6.07, 6.45) is 7.30. The molecule has 1 heterocycles. The van der Waals surface area contributed by atoms with Gasteiger partial charge in [0.25, 0.3) is 0 Å². The minimum Gasteiger partial charge on any atom is -0.255 e. The van der Waals surface area contributed by atoms with Gasteiger partial charge < -0.3 is 0 Å². The molecule has 0 aliphatic rings. The SMILES string of the molecule is N#CCCCCCCSc1cnc2ccccc2c1. The van der Waals surface area contributed by atoms with Crippen molar-refractivity contribution in [3.05, 3.63) is 36.5 Å². The smallest absolute Gasteiger partial charge is 0.0702 e. The summed E-state index contributed by atoms with van der Waals surface area (Å²) in [7, 11) is 0. The van der Waals surface area contributed by atoms with E-state index in [4.69, 9.17) is 5.26 Å². The van der Waals surface area contributed by atoms with Crippen LogP contribution in [0.25, 0.3) is 10.9 Å². The van der Waals surface area contributed by atoms with E-state index in [-0.39, 0.29) is 0 Å². The third-order valence-corrected chi connectivity index (χ3v) is 4.07. The summed E-state index contributed by atoms with van der Waals surface area (Å²) < 4.78 is 0. The number of unbranched alkanes of at least 4 members (excludes halogenated alkanes) is 4. The molecule has 19 heavy (non-hydrogen) atoms. The van der Waals surface area contributed by atoms with E-state index >= 15 is 0 Å². The Morgan fingerprint density at radius 2 is 1.95 bits per heavy atom. The summed E-state index contributed by atoms with van der Waals surface area (Å²) in [6, 6.07) is 12.6. The average Bonchev–Trinajstić information content (AvgIpc) is 2.46. The fourth-order valence-corrected chi connectivity index (χ4v) is 2.90. The lowest BCUT2D eigenvalue weighted by atomic mass is 10.2. The quantitative estimate of drug-likeness (QED) is 0.535. The zero-order valence-corrected chi connectivity index (χ0v) is 11.8. The van der Waals surface area contributed by atoms with E-state index in [1.165, 1.54) is 29.5 Å². The van der Waals surface area contributed by atoms with Gasteiger partial charge >= 0.3 is 0 Å². The Labute approximate surface area is 118 Å². The number of nitrogens with zero attached hydrogens (tertiary/aromatic N) is 2. The molecule has 0 saturated carbocycles. The second-order valence-corrected chi connectivity index (χ2v) is 5.70. The van der Waals surface area contributed by atoms with Gasteiger partial charge in [-0.05, 0) is 30.7 Å². The third-order valence-electron chi connectivity index (χ3n) is 3.02. The standard InChI is InChI=1S/C16H18N2S/c17-10-6-2-1-3-7-11-19-15-12-14-8-4-5-9-16(14)18-13-15/h4-5,8-9,12-13H,1-3,6-7,11H2. The normalized spacial score (nSPS) is 10.5. The average molecular weight is 270 g/mol. The molecule has 0 fully saturated rings. The van der Waals surface area contributed by atoms with Gasteiger partial charge in [-0.25, -0.2) is 0 Å². The lowest BCUT2D eigenvalue weighted by Gasteiger charge is -2.03. The summed E-state index contributed by atoms with van der Waals surface area (Å²) in [6.45, 7) is 0. The van der Waals surface area contributed by atoms with Crippen LogP contribution >= 0.6 is 11.8 Å². The molecule has 1 aromatic heterocycles. The number of aromatic nitrogens is 1. The molecule has 2 rings (SSSR count). The number of thioether (sulfide) groups is 1. The zero-order valence-electron chi connectivity index (χ0n) is 11.0. The predicted molar refractivity (Wildman–Crippen MR) is 81.2 cm³/mol. The molecule has 98 valence electrons. The fraction of sp³-hybridized carbons (Fsp3) is 0.375. The van der Waals surface area contributed by atoms with Gasteiger partial charge in [0.05, 0.1) is 11.6 Å². The number of para-hydroxylation sites is 1. The molecule has 0 aliphatic heterocycles. The highest BCUT2D eigenvalue weighted by molar-refractivity contribution is 7.99.